The van der Waals surface area contributed by atoms with Crippen LogP contribution in [0.3, 0.4) is 0 Å². The van der Waals surface area contributed by atoms with Crippen molar-refractivity contribution in [3.05, 3.63) is 41.7 Å². The maximum absolute atomic E-state index is 12.4. The Morgan fingerprint density at radius 3 is 3.00 bits per heavy atom. The number of aromatic nitrogens is 3. The molecule has 2 aromatic heterocycles. The molecule has 1 aliphatic rings. The third-order valence-corrected chi connectivity index (χ3v) is 5.07. The van der Waals surface area contributed by atoms with E-state index in [4.69, 9.17) is 11.6 Å². The molecule has 1 aliphatic heterocycles. The molecule has 0 unspecified atom stereocenters. The highest BCUT2D eigenvalue weighted by Gasteiger charge is 2.35. The van der Waals surface area contributed by atoms with Gasteiger partial charge in [-0.15, -0.1) is 0 Å². The molecule has 1 atom stereocenters. The fourth-order valence-corrected chi connectivity index (χ4v) is 3.71. The number of rotatable bonds is 4. The van der Waals surface area contributed by atoms with Gasteiger partial charge in [0.1, 0.15) is 18.4 Å². The number of carbonyl (C=O) groups excluding carboxylic acids is 1. The molecule has 10 heteroatoms. The molecule has 29 heavy (non-hydrogen) atoms. The molecule has 3 aromatic rings. The van der Waals surface area contributed by atoms with Crippen LogP contribution in [0, 0.1) is 0 Å². The van der Waals surface area contributed by atoms with Crippen LogP contribution in [-0.4, -0.2) is 46.2 Å². The molecule has 0 spiro atoms. The Balaban J connectivity index is 0.00000256. The Bertz CT molecular complexity index is 1060. The Labute approximate surface area is 170 Å². The van der Waals surface area contributed by atoms with E-state index in [0.29, 0.717) is 36.1 Å². The number of anilines is 1. The highest BCUT2D eigenvalue weighted by molar-refractivity contribution is 6.31. The summed E-state index contributed by atoms with van der Waals surface area (Å²) in [6.07, 6.45) is 0.0529. The Hall–Kier alpha value is -2.81. The van der Waals surface area contributed by atoms with Gasteiger partial charge in [0, 0.05) is 41.9 Å². The summed E-state index contributed by atoms with van der Waals surface area (Å²) in [5.41, 5.74) is 1.63. The number of H-pyrrole nitrogens is 1. The monoisotopic (exact) mass is 425 g/mol. The zero-order chi connectivity index (χ0) is 20.6. The number of fused-ring (bicyclic) bond motifs is 1. The molecule has 1 saturated heterocycles. The van der Waals surface area contributed by atoms with Gasteiger partial charge in [-0.1, -0.05) is 11.6 Å². The van der Waals surface area contributed by atoms with Crippen molar-refractivity contribution in [1.82, 2.24) is 20.3 Å². The predicted octanol–water partition coefficient (Wildman–Crippen LogP) is 4.17. The number of hydrogen-bond acceptors (Lipinski definition) is 4. The molecule has 0 aliphatic carbocycles. The molecular formula is C19H19ClF3N5O. The summed E-state index contributed by atoms with van der Waals surface area (Å²) in [7, 11) is 0. The van der Waals surface area contributed by atoms with Crippen molar-refractivity contribution >= 4 is 34.2 Å². The number of nitrogens with one attached hydrogen (secondary N) is 2. The lowest BCUT2D eigenvalue weighted by Crippen LogP contribution is -2.46. The summed E-state index contributed by atoms with van der Waals surface area (Å²) in [6.45, 7) is -0.818. The maximum Gasteiger partial charge on any atom is 0.405 e. The van der Waals surface area contributed by atoms with Crippen LogP contribution in [0.5, 0.6) is 0 Å². The first-order chi connectivity index (χ1) is 13.8. The molecule has 4 rings (SSSR count). The van der Waals surface area contributed by atoms with E-state index in [-0.39, 0.29) is 1.43 Å². The van der Waals surface area contributed by atoms with E-state index in [1.165, 1.54) is 0 Å². The van der Waals surface area contributed by atoms with Crippen LogP contribution in [-0.2, 0) is 4.79 Å². The normalized spacial score (nSPS) is 17.1. The van der Waals surface area contributed by atoms with Crippen molar-refractivity contribution in [2.45, 2.75) is 25.1 Å². The van der Waals surface area contributed by atoms with Gasteiger partial charge in [-0.25, -0.2) is 9.97 Å². The van der Waals surface area contributed by atoms with Crippen LogP contribution in [0.4, 0.5) is 19.0 Å². The molecular weight excluding hydrogens is 407 g/mol. The number of alkyl halides is 3. The minimum atomic E-state index is -4.45. The van der Waals surface area contributed by atoms with Crippen LogP contribution in [0.15, 0.2) is 36.7 Å². The largest absolute Gasteiger partial charge is 0.405 e. The van der Waals surface area contributed by atoms with Crippen molar-refractivity contribution in [3.8, 4) is 11.4 Å². The molecule has 0 saturated carbocycles. The zero-order valence-corrected chi connectivity index (χ0v) is 15.9. The molecule has 1 amide bonds. The van der Waals surface area contributed by atoms with Gasteiger partial charge in [0.05, 0.1) is 0 Å². The summed E-state index contributed by atoms with van der Waals surface area (Å²) in [5.74, 6) is 0.285. The van der Waals surface area contributed by atoms with Crippen LogP contribution in [0.2, 0.25) is 5.02 Å². The maximum atomic E-state index is 12.4. The molecule has 0 bridgehead atoms. The minimum absolute atomic E-state index is 0. The first kappa shape index (κ1) is 19.5. The van der Waals surface area contributed by atoms with E-state index in [2.05, 4.69) is 15.0 Å². The zero-order valence-electron chi connectivity index (χ0n) is 15.1. The van der Waals surface area contributed by atoms with Gasteiger partial charge >= 0.3 is 6.18 Å². The van der Waals surface area contributed by atoms with Gasteiger partial charge < -0.3 is 15.2 Å². The predicted molar refractivity (Wildman–Crippen MR) is 106 cm³/mol. The van der Waals surface area contributed by atoms with Crippen molar-refractivity contribution in [3.63, 3.8) is 0 Å². The number of aromatic amines is 1. The van der Waals surface area contributed by atoms with Gasteiger partial charge in [0.15, 0.2) is 5.82 Å². The summed E-state index contributed by atoms with van der Waals surface area (Å²) in [5, 5.41) is 3.40. The van der Waals surface area contributed by atoms with E-state index in [1.54, 1.807) is 29.4 Å². The van der Waals surface area contributed by atoms with Gasteiger partial charge in [-0.05, 0) is 37.1 Å². The Morgan fingerprint density at radius 1 is 1.38 bits per heavy atom. The average Bonchev–Trinajstić information content (AvgIpc) is 3.32. The van der Waals surface area contributed by atoms with Crippen molar-refractivity contribution < 1.29 is 19.4 Å². The van der Waals surface area contributed by atoms with Crippen molar-refractivity contribution in [2.24, 2.45) is 0 Å². The second-order valence-corrected chi connectivity index (χ2v) is 7.25. The first-order valence-corrected chi connectivity index (χ1v) is 9.41. The minimum Gasteiger partial charge on any atom is -0.360 e. The Morgan fingerprint density at radius 2 is 2.21 bits per heavy atom. The number of carbonyl (C=O) groups is 1. The van der Waals surface area contributed by atoms with Gasteiger partial charge in [-0.2, -0.15) is 13.2 Å². The van der Waals surface area contributed by atoms with E-state index >= 15 is 0 Å². The third kappa shape index (κ3) is 4.14. The van der Waals surface area contributed by atoms with Crippen LogP contribution < -0.4 is 10.2 Å². The third-order valence-electron chi connectivity index (χ3n) is 4.84. The average molecular weight is 426 g/mol. The smallest absolute Gasteiger partial charge is 0.360 e. The fourth-order valence-electron chi connectivity index (χ4n) is 3.54. The summed E-state index contributed by atoms with van der Waals surface area (Å²) < 4.78 is 37.3. The SMILES string of the molecule is O=C(NCC(F)(F)F)[C@H]1CCCN1c1ccnc(-c2c[nH]c3ccc(Cl)cc23)n1.[HH]. The van der Waals surface area contributed by atoms with Crippen LogP contribution >= 0.6 is 11.6 Å². The summed E-state index contributed by atoms with van der Waals surface area (Å²) in [6, 6.07) is 6.39. The highest BCUT2D eigenvalue weighted by atomic mass is 35.5. The summed E-state index contributed by atoms with van der Waals surface area (Å²) >= 11 is 6.10. The molecule has 3 heterocycles. The molecule has 1 aromatic carbocycles. The van der Waals surface area contributed by atoms with E-state index < -0.39 is 24.7 Å². The van der Waals surface area contributed by atoms with Crippen molar-refractivity contribution in [1.29, 1.82) is 0 Å². The molecule has 1 fully saturated rings. The van der Waals surface area contributed by atoms with Crippen LogP contribution in [0.1, 0.15) is 14.3 Å². The molecule has 6 nitrogen and oxygen atoms in total. The van der Waals surface area contributed by atoms with Gasteiger partial charge in [0.25, 0.3) is 0 Å². The van der Waals surface area contributed by atoms with E-state index in [1.807, 2.05) is 17.4 Å². The number of nitrogens with zero attached hydrogens (tertiary/aromatic N) is 3. The lowest BCUT2D eigenvalue weighted by molar-refractivity contribution is -0.139. The van der Waals surface area contributed by atoms with Crippen molar-refractivity contribution in [2.75, 3.05) is 18.0 Å². The number of hydrogen-bond donors (Lipinski definition) is 2. The molecule has 0 radical (unpaired) electrons. The fraction of sp³-hybridized carbons (Fsp3) is 0.316. The Kier molecular flexibility index (Phi) is 5.08. The van der Waals surface area contributed by atoms with E-state index in [9.17, 15) is 18.0 Å². The lowest BCUT2D eigenvalue weighted by atomic mass is 10.1. The van der Waals surface area contributed by atoms with E-state index in [0.717, 1.165) is 16.5 Å². The quantitative estimate of drug-likeness (QED) is 0.658. The second-order valence-electron chi connectivity index (χ2n) is 6.82. The topological polar surface area (TPSA) is 73.9 Å². The highest BCUT2D eigenvalue weighted by Crippen LogP contribution is 2.31. The number of halogens is 4. The van der Waals surface area contributed by atoms with Crippen LogP contribution in [0.25, 0.3) is 22.3 Å². The first-order valence-electron chi connectivity index (χ1n) is 9.03. The number of benzene rings is 1. The summed E-state index contributed by atoms with van der Waals surface area (Å²) in [4.78, 5) is 26.0. The molecule has 154 valence electrons. The molecule has 2 N–H and O–H groups in total. The standard InChI is InChI=1S/C19H17ClF3N5O.H2/c20-11-3-4-14-12(8-11)13(9-25-14)17-24-6-5-16(27-17)28-7-1-2-15(28)18(29)26-10-19(21,22)23;/h3-6,8-9,15,25H,1-2,7,10H2,(H,26,29);1H/t15-;/m1./s1. The second kappa shape index (κ2) is 7.55. The number of amides is 1. The van der Waals surface area contributed by atoms with Gasteiger partial charge in [-0.3, -0.25) is 4.79 Å². The van der Waals surface area contributed by atoms with Gasteiger partial charge in [0.2, 0.25) is 5.91 Å². The lowest BCUT2D eigenvalue weighted by Gasteiger charge is -2.25.